The third-order valence-corrected chi connectivity index (χ3v) is 4.24. The number of hydrogen-bond donors (Lipinski definition) is 1. The van der Waals surface area contributed by atoms with E-state index in [4.69, 9.17) is 5.11 Å². The minimum Gasteiger partial charge on any atom is -0.481 e. The van der Waals surface area contributed by atoms with Crippen molar-refractivity contribution in [1.29, 1.82) is 0 Å². The fourth-order valence-electron chi connectivity index (χ4n) is 2.01. The van der Waals surface area contributed by atoms with Gasteiger partial charge < -0.3 is 10.0 Å². The molecule has 0 aromatic heterocycles. The highest BCUT2D eigenvalue weighted by atomic mass is 32.2. The van der Waals surface area contributed by atoms with Gasteiger partial charge in [-0.15, -0.1) is 0 Å². The van der Waals surface area contributed by atoms with Crippen LogP contribution < -0.4 is 0 Å². The molecule has 1 fully saturated rings. The predicted octanol–water partition coefficient (Wildman–Crippen LogP) is -0.656. The topological polar surface area (TPSA) is 95.0 Å². The lowest BCUT2D eigenvalue weighted by Crippen LogP contribution is -2.46. The van der Waals surface area contributed by atoms with E-state index >= 15 is 0 Å². The minimum atomic E-state index is -3.39. The van der Waals surface area contributed by atoms with E-state index in [0.29, 0.717) is 19.4 Å². The zero-order valence-corrected chi connectivity index (χ0v) is 11.3. The van der Waals surface area contributed by atoms with Gasteiger partial charge in [0.15, 0.2) is 0 Å². The van der Waals surface area contributed by atoms with E-state index < -0.39 is 22.0 Å². The number of carboxylic acids is 1. The zero-order valence-electron chi connectivity index (χ0n) is 10.5. The molecular weight excluding hydrogens is 260 g/mol. The maximum atomic E-state index is 12.0. The third kappa shape index (κ3) is 3.67. The monoisotopic (exact) mass is 278 g/mol. The Bertz CT molecular complexity index is 434. The van der Waals surface area contributed by atoms with Gasteiger partial charge in [0.25, 0.3) is 0 Å². The van der Waals surface area contributed by atoms with Gasteiger partial charge in [-0.3, -0.25) is 9.59 Å². The molecule has 0 unspecified atom stereocenters. The molecule has 0 saturated carbocycles. The number of rotatable bonds is 5. The van der Waals surface area contributed by atoms with Crippen molar-refractivity contribution >= 4 is 21.9 Å². The molecule has 0 radical (unpaired) electrons. The molecular formula is C10H18N2O5S. The molecule has 104 valence electrons. The Labute approximate surface area is 106 Å². The van der Waals surface area contributed by atoms with Crippen LogP contribution in [0.2, 0.25) is 0 Å². The number of amides is 1. The molecule has 18 heavy (non-hydrogen) atoms. The van der Waals surface area contributed by atoms with E-state index in [9.17, 15) is 18.0 Å². The Morgan fingerprint density at radius 2 is 2.06 bits per heavy atom. The lowest BCUT2D eigenvalue weighted by molar-refractivity contribution is -0.138. The van der Waals surface area contributed by atoms with Gasteiger partial charge in [0.2, 0.25) is 15.9 Å². The van der Waals surface area contributed by atoms with E-state index in [1.54, 1.807) is 0 Å². The molecule has 1 N–H and O–H groups in total. The number of sulfonamides is 1. The highest BCUT2D eigenvalue weighted by Crippen LogP contribution is 2.21. The smallest absolute Gasteiger partial charge is 0.305 e. The van der Waals surface area contributed by atoms with Crippen molar-refractivity contribution in [3.05, 3.63) is 0 Å². The van der Waals surface area contributed by atoms with Gasteiger partial charge in [0, 0.05) is 20.1 Å². The van der Waals surface area contributed by atoms with Crippen molar-refractivity contribution in [2.24, 2.45) is 0 Å². The average Bonchev–Trinajstić information content (AvgIpc) is 2.72. The summed E-state index contributed by atoms with van der Waals surface area (Å²) in [5, 5.41) is 8.55. The van der Waals surface area contributed by atoms with Gasteiger partial charge >= 0.3 is 5.97 Å². The van der Waals surface area contributed by atoms with E-state index in [0.717, 1.165) is 6.26 Å². The molecule has 8 heteroatoms. The Morgan fingerprint density at radius 1 is 1.44 bits per heavy atom. The summed E-state index contributed by atoms with van der Waals surface area (Å²) in [4.78, 5) is 23.7. The summed E-state index contributed by atoms with van der Waals surface area (Å²) < 4.78 is 24.2. The maximum Gasteiger partial charge on any atom is 0.305 e. The summed E-state index contributed by atoms with van der Waals surface area (Å²) in [6.07, 6.45) is 2.07. The summed E-state index contributed by atoms with van der Waals surface area (Å²) >= 11 is 0. The number of hydrogen-bond acceptors (Lipinski definition) is 4. The summed E-state index contributed by atoms with van der Waals surface area (Å²) in [5.41, 5.74) is 0. The van der Waals surface area contributed by atoms with Crippen molar-refractivity contribution < 1.29 is 23.1 Å². The van der Waals surface area contributed by atoms with Crippen LogP contribution in [0.1, 0.15) is 19.3 Å². The predicted molar refractivity (Wildman–Crippen MR) is 64.5 cm³/mol. The molecule has 0 aromatic rings. The van der Waals surface area contributed by atoms with Gasteiger partial charge in [-0.2, -0.15) is 4.31 Å². The van der Waals surface area contributed by atoms with E-state index in [1.807, 2.05) is 0 Å². The molecule has 1 heterocycles. The molecule has 1 rings (SSSR count). The second-order valence-corrected chi connectivity index (χ2v) is 6.37. The first-order chi connectivity index (χ1) is 8.23. The Kier molecular flexibility index (Phi) is 4.69. The highest BCUT2D eigenvalue weighted by Gasteiger charge is 2.37. The fourth-order valence-corrected chi connectivity index (χ4v) is 3.13. The van der Waals surface area contributed by atoms with Crippen molar-refractivity contribution in [2.45, 2.75) is 25.3 Å². The first-order valence-corrected chi connectivity index (χ1v) is 7.52. The molecule has 1 atom stereocenters. The number of carboxylic acid groups (broad SMARTS) is 1. The van der Waals surface area contributed by atoms with Crippen molar-refractivity contribution in [3.63, 3.8) is 0 Å². The normalized spacial score (nSPS) is 20.9. The van der Waals surface area contributed by atoms with Crippen LogP contribution in [0.3, 0.4) is 0 Å². The molecule has 0 aliphatic carbocycles. The largest absolute Gasteiger partial charge is 0.481 e. The van der Waals surface area contributed by atoms with E-state index in [1.165, 1.54) is 16.3 Å². The SMILES string of the molecule is CN(CCC(=O)O)C(=O)[C@H]1CCCN1S(C)(=O)=O. The Balaban J connectivity index is 2.68. The van der Waals surface area contributed by atoms with Crippen LogP contribution >= 0.6 is 0 Å². The van der Waals surface area contributed by atoms with Gasteiger partial charge in [-0.05, 0) is 12.8 Å². The van der Waals surface area contributed by atoms with Crippen LogP contribution in [0.25, 0.3) is 0 Å². The van der Waals surface area contributed by atoms with Crippen LogP contribution in [0, 0.1) is 0 Å². The lowest BCUT2D eigenvalue weighted by Gasteiger charge is -2.26. The number of carbonyl (C=O) groups excluding carboxylic acids is 1. The van der Waals surface area contributed by atoms with Crippen molar-refractivity contribution in [1.82, 2.24) is 9.21 Å². The van der Waals surface area contributed by atoms with Crippen molar-refractivity contribution in [2.75, 3.05) is 26.4 Å². The first-order valence-electron chi connectivity index (χ1n) is 5.67. The molecule has 0 aromatic carbocycles. The second kappa shape index (κ2) is 5.66. The van der Waals surface area contributed by atoms with Gasteiger partial charge in [0.1, 0.15) is 6.04 Å². The van der Waals surface area contributed by atoms with Crippen LogP contribution in [-0.2, 0) is 19.6 Å². The number of likely N-dealkylation sites (N-methyl/N-ethyl adjacent to an activating group) is 1. The summed E-state index contributed by atoms with van der Waals surface area (Å²) in [7, 11) is -1.90. The lowest BCUT2D eigenvalue weighted by atomic mass is 10.2. The molecule has 0 bridgehead atoms. The molecule has 1 saturated heterocycles. The first kappa shape index (κ1) is 14.9. The summed E-state index contributed by atoms with van der Waals surface area (Å²) in [6.45, 7) is 0.435. The highest BCUT2D eigenvalue weighted by molar-refractivity contribution is 7.88. The number of aliphatic carboxylic acids is 1. The van der Waals surface area contributed by atoms with Crippen LogP contribution in [0.4, 0.5) is 0 Å². The third-order valence-electron chi connectivity index (χ3n) is 2.95. The van der Waals surface area contributed by atoms with Crippen LogP contribution in [0.15, 0.2) is 0 Å². The molecule has 1 aliphatic heterocycles. The van der Waals surface area contributed by atoms with Crippen LogP contribution in [-0.4, -0.2) is 67.0 Å². The summed E-state index contributed by atoms with van der Waals surface area (Å²) in [6, 6.07) is -0.682. The zero-order chi connectivity index (χ0) is 13.9. The number of nitrogens with zero attached hydrogens (tertiary/aromatic N) is 2. The second-order valence-electron chi connectivity index (χ2n) is 4.44. The Hall–Kier alpha value is -1.15. The fraction of sp³-hybridized carbons (Fsp3) is 0.800. The molecule has 1 amide bonds. The number of carbonyl (C=O) groups is 2. The molecule has 7 nitrogen and oxygen atoms in total. The van der Waals surface area contributed by atoms with E-state index in [2.05, 4.69) is 0 Å². The van der Waals surface area contributed by atoms with Gasteiger partial charge in [0.05, 0.1) is 12.7 Å². The average molecular weight is 278 g/mol. The summed E-state index contributed by atoms with van der Waals surface area (Å²) in [5.74, 6) is -1.32. The standard InChI is InChI=1S/C10H18N2O5S/c1-11(7-5-9(13)14)10(15)8-4-3-6-12(8)18(2,16)17/h8H,3-7H2,1-2H3,(H,13,14)/t8-/m1/s1. The minimum absolute atomic E-state index is 0.0856. The van der Waals surface area contributed by atoms with Crippen LogP contribution in [0.5, 0.6) is 0 Å². The Morgan fingerprint density at radius 3 is 2.56 bits per heavy atom. The molecule has 1 aliphatic rings. The van der Waals surface area contributed by atoms with Gasteiger partial charge in [-0.25, -0.2) is 8.42 Å². The maximum absolute atomic E-state index is 12.0. The van der Waals surface area contributed by atoms with Gasteiger partial charge in [-0.1, -0.05) is 0 Å². The van der Waals surface area contributed by atoms with E-state index in [-0.39, 0.29) is 18.9 Å². The van der Waals surface area contributed by atoms with Crippen molar-refractivity contribution in [3.8, 4) is 0 Å². The molecule has 0 spiro atoms. The quantitative estimate of drug-likeness (QED) is 0.720.